The number of hydrogen-bond acceptors (Lipinski definition) is 25. The van der Waals surface area contributed by atoms with Gasteiger partial charge in [-0.2, -0.15) is 0 Å². The maximum absolute atomic E-state index is 11.1. The molecule has 4 aliphatic heterocycles. The summed E-state index contributed by atoms with van der Waals surface area (Å²) in [5, 5.41) is 123. The molecule has 0 amide bonds. The molecule has 0 bridgehead atoms. The van der Waals surface area contributed by atoms with Crippen molar-refractivity contribution in [3.63, 3.8) is 0 Å². The van der Waals surface area contributed by atoms with Crippen molar-refractivity contribution in [2.24, 2.45) is 0 Å². The van der Waals surface area contributed by atoms with Crippen LogP contribution in [-0.2, 0) is 18.9 Å². The molecule has 4 fully saturated rings. The van der Waals surface area contributed by atoms with Crippen molar-refractivity contribution in [1.29, 1.82) is 0 Å². The molecule has 12 heterocycles. The first-order valence-corrected chi connectivity index (χ1v) is 38.2. The number of hydrogen-bond donors (Lipinski definition) is 14. The number of rotatable bonds is 11. The van der Waals surface area contributed by atoms with E-state index in [4.69, 9.17) is 146 Å². The third-order valence-corrected chi connectivity index (χ3v) is 24.1. The molecule has 4 saturated heterocycles. The normalized spacial score (nSPS) is 28.2. The Balaban J connectivity index is 0.000000144. The Morgan fingerprint density at radius 1 is 0.386 bits per heavy atom. The Bertz CT molecular complexity index is 5040. The fourth-order valence-electron chi connectivity index (χ4n) is 14.0. The number of nitrogens with two attached hydrogens (primary N) is 2. The summed E-state index contributed by atoms with van der Waals surface area (Å²) in [7, 11) is 0. The molecule has 40 heteroatoms. The van der Waals surface area contributed by atoms with E-state index < -0.39 is 108 Å². The van der Waals surface area contributed by atoms with E-state index in [2.05, 4.69) is 44.9 Å². The lowest BCUT2D eigenvalue weighted by molar-refractivity contribution is -0.130. The highest BCUT2D eigenvalue weighted by molar-refractivity contribution is 6.43. The maximum atomic E-state index is 11.1. The number of nitrogen functional groups attached to an aromatic ring is 2. The molecule has 0 spiro atoms. The van der Waals surface area contributed by atoms with Crippen molar-refractivity contribution in [3.05, 3.63) is 220 Å². The number of aliphatic hydroxyl groups excluding tert-OH is 7. The Morgan fingerprint density at radius 3 is 1.08 bits per heavy atom. The predicted octanol–water partition coefficient (Wildman–Crippen LogP) is 12.3. The first-order valence-electron chi connectivity index (χ1n) is 34.4. The molecular weight excluding hydrogens is 1710 g/mol. The topological polar surface area (TPSA) is 445 Å². The molecule has 4 aliphatic rings. The summed E-state index contributed by atoms with van der Waals surface area (Å²) < 4.78 is 28.0. The summed E-state index contributed by atoms with van der Waals surface area (Å²) in [5.74, 6) is 0.0480. The lowest BCUT2D eigenvalue weighted by Crippen LogP contribution is -2.47. The smallest absolute Gasteiger partial charge is 0.184 e. The van der Waals surface area contributed by atoms with Gasteiger partial charge >= 0.3 is 0 Å². The van der Waals surface area contributed by atoms with Crippen LogP contribution in [0, 0.1) is 0 Å². The van der Waals surface area contributed by atoms with Crippen LogP contribution in [-0.4, -0.2) is 192 Å². The summed E-state index contributed by atoms with van der Waals surface area (Å²) in [6.07, 6.45) is -3.55. The van der Waals surface area contributed by atoms with Crippen LogP contribution in [0.2, 0.25) is 50.5 Å². The van der Waals surface area contributed by atoms with Gasteiger partial charge in [0.2, 0.25) is 0 Å². The standard InChI is InChI=1S/C19H18Cl3N3O3.2C18H18Cl2N4O4.C13H16Cl2O4.C6H4ClN3.ClH/c1-9(10-3-4-12(20)13(21)7-10)15-19(2,27)14(26)18(28-15)25-6-5-11-16(22)23-8-24-17(11)25;2*1-18(27)13(26)17(24-5-4-9-15(21)22-7-23-16(9)24)28-14(18)12(25)8-2-3-10(19)11(20)6-8;1-6(7-3-4-8(14)9(15)5-7)11-13(2,18)10(16)12(17)19-11;7-5-4-1-2-8-6(4)10-3-9-5;/h3-9,14-15,18,26-27H,1-2H3;2*2-7,12-14,17,25-27H,1H3,(H2,21,22,23);3-6,10-12,16-18H,1-2H3;1-3H,(H,8,9,10);1H/t9-,14+,15-,18-,19+;2*12-,13+,14-,17-,18+;6-,10+,11-,12?,13+;;/m1111../s1. The molecule has 4 aromatic carbocycles. The number of ether oxygens (including phenoxy) is 4. The van der Waals surface area contributed by atoms with Crippen LogP contribution in [0.15, 0.2) is 147 Å². The average molecular weight is 1790 g/mol. The summed E-state index contributed by atoms with van der Waals surface area (Å²) in [6, 6.07) is 26.6. The van der Waals surface area contributed by atoms with Gasteiger partial charge < -0.3 is 105 Å². The van der Waals surface area contributed by atoms with E-state index in [0.717, 1.165) is 22.2 Å². The second-order valence-electron chi connectivity index (χ2n) is 28.1. The quantitative estimate of drug-likeness (QED) is 0.0535. The molecule has 29 nitrogen and oxygen atoms in total. The number of aromatic amines is 1. The van der Waals surface area contributed by atoms with Gasteiger partial charge in [-0.05, 0) is 123 Å². The van der Waals surface area contributed by atoms with Crippen molar-refractivity contribution in [2.45, 2.75) is 162 Å². The van der Waals surface area contributed by atoms with Gasteiger partial charge in [0.05, 0.1) is 73.9 Å². The minimum Gasteiger partial charge on any atom is -0.386 e. The van der Waals surface area contributed by atoms with Gasteiger partial charge in [-0.1, -0.05) is 154 Å². The SMILES string of the molecule is C[C@@]1(O)[C@@H]([C@H](O)c2ccc(Cl)c(Cl)c2)O[C@@H](n2ccc3c(N)ncnc32)[C@@H]1O.C[C@@]1(O)[C@@H]([C@H](O)c2ccc(Cl)c(Cl)c2)O[C@@H](n2ccc3c(N)ncnc32)[C@@H]1O.C[C@H](c1ccc(Cl)c(Cl)c1)[C@H]1OC(O)[C@H](O)[C@]1(C)O.C[C@H](c1ccc(Cl)c(Cl)c1)[C@H]1O[C@@H](n2ccc3c(Cl)ncnc32)[C@H](O)[C@]1(C)O.Cl.Clc1ncnc2[nH]ccc12. The van der Waals surface area contributed by atoms with Gasteiger partial charge in [-0.3, -0.25) is 0 Å². The van der Waals surface area contributed by atoms with Gasteiger partial charge in [0.25, 0.3) is 0 Å². The van der Waals surface area contributed by atoms with Crippen LogP contribution in [0.3, 0.4) is 0 Å². The van der Waals surface area contributed by atoms with Crippen molar-refractivity contribution in [1.82, 2.24) is 58.6 Å². The van der Waals surface area contributed by atoms with Crippen LogP contribution in [0.5, 0.6) is 0 Å². The molecule has 608 valence electrons. The Labute approximate surface area is 705 Å². The lowest BCUT2D eigenvalue weighted by atomic mass is 9.83. The first-order chi connectivity index (χ1) is 53.3. The Morgan fingerprint density at radius 2 is 0.702 bits per heavy atom. The van der Waals surface area contributed by atoms with Gasteiger partial charge in [-0.15, -0.1) is 12.4 Å². The molecule has 20 atom stereocenters. The van der Waals surface area contributed by atoms with Crippen LogP contribution in [0.25, 0.3) is 44.1 Å². The number of anilines is 2. The zero-order chi connectivity index (χ0) is 82.0. The Hall–Kier alpha value is -6.45. The van der Waals surface area contributed by atoms with Crippen LogP contribution < -0.4 is 11.5 Å². The van der Waals surface area contributed by atoms with E-state index in [-0.39, 0.29) is 45.9 Å². The molecule has 0 aliphatic carbocycles. The van der Waals surface area contributed by atoms with E-state index in [1.807, 2.05) is 26.0 Å². The number of nitrogens with one attached hydrogen (secondary N) is 1. The average Bonchev–Trinajstić information content (AvgIpc) is 1.60. The van der Waals surface area contributed by atoms with E-state index in [1.54, 1.807) is 118 Å². The van der Waals surface area contributed by atoms with Crippen LogP contribution >= 0.6 is 128 Å². The number of fused-ring (bicyclic) bond motifs is 4. The van der Waals surface area contributed by atoms with Gasteiger partial charge in [0, 0.05) is 36.6 Å². The number of H-pyrrole nitrogens is 1. The largest absolute Gasteiger partial charge is 0.386 e. The summed E-state index contributed by atoms with van der Waals surface area (Å²) >= 11 is 59.7. The van der Waals surface area contributed by atoms with Gasteiger partial charge in [0.1, 0.15) is 141 Å². The molecule has 16 N–H and O–H groups in total. The first kappa shape index (κ1) is 88.4. The van der Waals surface area contributed by atoms with Crippen molar-refractivity contribution in [3.8, 4) is 0 Å². The van der Waals surface area contributed by atoms with E-state index in [9.17, 15) is 56.2 Å². The van der Waals surface area contributed by atoms with Crippen molar-refractivity contribution < 1.29 is 75.1 Å². The third kappa shape index (κ3) is 17.3. The second kappa shape index (κ2) is 35.2. The lowest BCUT2D eigenvalue weighted by Gasteiger charge is -2.30. The van der Waals surface area contributed by atoms with Crippen molar-refractivity contribution >= 4 is 184 Å². The van der Waals surface area contributed by atoms with Crippen LogP contribution in [0.1, 0.15) is 107 Å². The predicted molar refractivity (Wildman–Crippen MR) is 434 cm³/mol. The molecule has 0 radical (unpaired) electrons. The molecule has 12 aromatic rings. The van der Waals surface area contributed by atoms with E-state index in [0.29, 0.717) is 84.7 Å². The van der Waals surface area contributed by atoms with E-state index in [1.165, 1.54) is 58.2 Å². The zero-order valence-electron chi connectivity index (χ0n) is 60.4. The Kier molecular flexibility index (Phi) is 27.3. The fourth-order valence-corrected chi connectivity index (χ4v) is 15.6. The summed E-state index contributed by atoms with van der Waals surface area (Å²) in [4.78, 5) is 35.1. The molecular formula is C74H75Cl11N14O15. The minimum atomic E-state index is -1.76. The fraction of sp³-hybridized carbons (Fsp3) is 0.351. The summed E-state index contributed by atoms with van der Waals surface area (Å²) in [5.41, 5.74) is 9.77. The minimum absolute atomic E-state index is 0. The number of aromatic nitrogens is 12. The number of nitrogens with zero attached hydrogens (tertiary/aromatic N) is 11. The molecule has 16 rings (SSSR count). The summed E-state index contributed by atoms with van der Waals surface area (Å²) in [6.45, 7) is 9.52. The highest BCUT2D eigenvalue weighted by atomic mass is 35.5. The van der Waals surface area contributed by atoms with Gasteiger partial charge in [-0.25, -0.2) is 39.9 Å². The molecule has 114 heavy (non-hydrogen) atoms. The maximum Gasteiger partial charge on any atom is 0.184 e. The number of benzene rings is 4. The molecule has 0 saturated carbocycles. The number of halogens is 11. The number of aliphatic hydroxyl groups is 11. The van der Waals surface area contributed by atoms with Crippen molar-refractivity contribution in [2.75, 3.05) is 11.5 Å². The molecule has 1 unspecified atom stereocenters. The van der Waals surface area contributed by atoms with Gasteiger partial charge in [0.15, 0.2) is 25.0 Å². The molecule has 8 aromatic heterocycles. The van der Waals surface area contributed by atoms with E-state index >= 15 is 0 Å². The zero-order valence-corrected chi connectivity index (χ0v) is 68.8. The second-order valence-corrected chi connectivity index (χ2v) is 32.1. The van der Waals surface area contributed by atoms with Crippen LogP contribution in [0.4, 0.5) is 11.6 Å². The highest BCUT2D eigenvalue weighted by Crippen LogP contribution is 2.49. The monoisotopic (exact) mass is 1780 g/mol. The third-order valence-electron chi connectivity index (χ3n) is 20.6. The highest BCUT2D eigenvalue weighted by Gasteiger charge is 2.59.